The van der Waals surface area contributed by atoms with Crippen molar-refractivity contribution in [3.05, 3.63) is 72.1 Å². The van der Waals surface area contributed by atoms with Gasteiger partial charge in [0.05, 0.1) is 11.3 Å². The Morgan fingerprint density at radius 2 is 1.85 bits per heavy atom. The van der Waals surface area contributed by atoms with E-state index in [1.807, 2.05) is 30.3 Å². The molecule has 1 amide bonds. The van der Waals surface area contributed by atoms with Crippen molar-refractivity contribution in [3.63, 3.8) is 0 Å². The van der Waals surface area contributed by atoms with Gasteiger partial charge in [-0.25, -0.2) is 9.97 Å². The molecule has 0 bridgehead atoms. The Kier molecular flexibility index (Phi) is 7.03. The van der Waals surface area contributed by atoms with E-state index in [9.17, 15) is 9.90 Å². The molecule has 9 nitrogen and oxygen atoms in total. The van der Waals surface area contributed by atoms with Crippen LogP contribution in [0.15, 0.2) is 60.9 Å². The molecule has 1 saturated heterocycles. The summed E-state index contributed by atoms with van der Waals surface area (Å²) in [6.07, 6.45) is 1.99. The number of nitrogens with zero attached hydrogens (tertiary/aromatic N) is 3. The molecular weight excluding hydrogens is 432 g/mol. The molecule has 2 unspecified atom stereocenters. The minimum atomic E-state index is -0.782. The van der Waals surface area contributed by atoms with E-state index in [-0.39, 0.29) is 23.5 Å². The Balaban J connectivity index is 1.52. The summed E-state index contributed by atoms with van der Waals surface area (Å²) < 4.78 is 5.83. The molecule has 0 saturated carbocycles. The first-order valence-electron chi connectivity index (χ1n) is 11.2. The van der Waals surface area contributed by atoms with Gasteiger partial charge in [0.2, 0.25) is 5.91 Å². The van der Waals surface area contributed by atoms with Crippen LogP contribution in [0.4, 0.5) is 11.6 Å². The molecule has 2 aromatic carbocycles. The molecule has 1 aliphatic rings. The predicted molar refractivity (Wildman–Crippen MR) is 130 cm³/mol. The van der Waals surface area contributed by atoms with Crippen molar-refractivity contribution in [1.29, 1.82) is 5.41 Å². The van der Waals surface area contributed by atoms with Crippen LogP contribution >= 0.6 is 0 Å². The number of carbonyl (C=O) groups excluding carboxylic acids is 1. The first kappa shape index (κ1) is 23.2. The fraction of sp³-hybridized carbons (Fsp3) is 0.280. The third-order valence-electron chi connectivity index (χ3n) is 5.76. The molecule has 0 radical (unpaired) electrons. The van der Waals surface area contributed by atoms with E-state index in [1.165, 1.54) is 11.2 Å². The highest BCUT2D eigenvalue weighted by atomic mass is 16.5. The van der Waals surface area contributed by atoms with Crippen LogP contribution in [0.25, 0.3) is 0 Å². The van der Waals surface area contributed by atoms with Gasteiger partial charge in [-0.05, 0) is 49.2 Å². The van der Waals surface area contributed by atoms with Crippen molar-refractivity contribution in [3.8, 4) is 11.5 Å². The Bertz CT molecular complexity index is 1150. The summed E-state index contributed by atoms with van der Waals surface area (Å²) in [5, 5.41) is 22.3. The molecule has 9 heteroatoms. The van der Waals surface area contributed by atoms with Crippen molar-refractivity contribution in [2.24, 2.45) is 0 Å². The predicted octanol–water partition coefficient (Wildman–Crippen LogP) is 3.40. The van der Waals surface area contributed by atoms with Crippen LogP contribution in [0, 0.1) is 5.41 Å². The zero-order valence-corrected chi connectivity index (χ0v) is 18.9. The normalized spacial score (nSPS) is 17.8. The highest BCUT2D eigenvalue weighted by Gasteiger charge is 2.30. The number of anilines is 2. The average molecular weight is 461 g/mol. The van der Waals surface area contributed by atoms with Gasteiger partial charge >= 0.3 is 0 Å². The summed E-state index contributed by atoms with van der Waals surface area (Å²) in [4.78, 5) is 22.1. The lowest BCUT2D eigenvalue weighted by atomic mass is 10.0. The Morgan fingerprint density at radius 3 is 2.56 bits per heavy atom. The SMILES string of the molecule is CCC(=O)N1CC(Nc2ncnc(N)c2C(=N)c2ccc(Oc3ccccc3)cc2)CCC1O. The maximum atomic E-state index is 12.2. The number of hydrogen-bond donors (Lipinski definition) is 4. The number of amides is 1. The summed E-state index contributed by atoms with van der Waals surface area (Å²) in [5.74, 6) is 1.88. The van der Waals surface area contributed by atoms with Gasteiger partial charge in [-0.15, -0.1) is 0 Å². The fourth-order valence-corrected chi connectivity index (χ4v) is 3.95. The van der Waals surface area contributed by atoms with Crippen LogP contribution in [0.5, 0.6) is 11.5 Å². The van der Waals surface area contributed by atoms with Crippen LogP contribution in [0.2, 0.25) is 0 Å². The molecule has 0 spiro atoms. The molecule has 5 N–H and O–H groups in total. The molecule has 1 aromatic heterocycles. The highest BCUT2D eigenvalue weighted by molar-refractivity contribution is 6.16. The Labute approximate surface area is 198 Å². The van der Waals surface area contributed by atoms with Gasteiger partial charge in [0.15, 0.2) is 0 Å². The number of benzene rings is 2. The number of nitrogens with two attached hydrogens (primary N) is 1. The minimum absolute atomic E-state index is 0.105. The van der Waals surface area contributed by atoms with Crippen LogP contribution in [-0.4, -0.2) is 50.4 Å². The quantitative estimate of drug-likeness (QED) is 0.397. The van der Waals surface area contributed by atoms with Crippen molar-refractivity contribution in [2.75, 3.05) is 17.6 Å². The number of ether oxygens (including phenoxy) is 1. The second-order valence-corrected chi connectivity index (χ2v) is 8.10. The number of aliphatic hydroxyl groups excluding tert-OH is 1. The zero-order valence-electron chi connectivity index (χ0n) is 18.9. The number of carbonyl (C=O) groups is 1. The Morgan fingerprint density at radius 1 is 1.15 bits per heavy atom. The minimum Gasteiger partial charge on any atom is -0.457 e. The van der Waals surface area contributed by atoms with Gasteiger partial charge in [-0.1, -0.05) is 25.1 Å². The number of likely N-dealkylation sites (tertiary alicyclic amines) is 1. The van der Waals surface area contributed by atoms with E-state index >= 15 is 0 Å². The van der Waals surface area contributed by atoms with Gasteiger partial charge in [0.25, 0.3) is 0 Å². The van der Waals surface area contributed by atoms with Gasteiger partial charge < -0.3 is 25.8 Å². The number of nitrogen functional groups attached to an aromatic ring is 1. The van der Waals surface area contributed by atoms with E-state index in [2.05, 4.69) is 15.3 Å². The second kappa shape index (κ2) is 10.3. The first-order valence-corrected chi connectivity index (χ1v) is 11.2. The average Bonchev–Trinajstić information content (AvgIpc) is 2.85. The van der Waals surface area contributed by atoms with Gasteiger partial charge in [0, 0.05) is 24.6 Å². The summed E-state index contributed by atoms with van der Waals surface area (Å²) in [6, 6.07) is 16.5. The molecular formula is C25H28N6O3. The smallest absolute Gasteiger partial charge is 0.224 e. The van der Waals surface area contributed by atoms with Gasteiger partial charge in [0.1, 0.15) is 35.7 Å². The Hall–Kier alpha value is -3.98. The van der Waals surface area contributed by atoms with E-state index in [4.69, 9.17) is 15.9 Å². The monoisotopic (exact) mass is 460 g/mol. The first-order chi connectivity index (χ1) is 16.5. The third kappa shape index (κ3) is 5.15. The van der Waals surface area contributed by atoms with Gasteiger partial charge in [-0.3, -0.25) is 10.2 Å². The molecule has 34 heavy (non-hydrogen) atoms. The van der Waals surface area contributed by atoms with E-state index in [0.29, 0.717) is 48.5 Å². The lowest BCUT2D eigenvalue weighted by molar-refractivity contribution is -0.144. The molecule has 4 rings (SSSR count). The maximum absolute atomic E-state index is 12.2. The summed E-state index contributed by atoms with van der Waals surface area (Å²) in [7, 11) is 0. The van der Waals surface area contributed by atoms with E-state index in [1.54, 1.807) is 31.2 Å². The summed E-state index contributed by atoms with van der Waals surface area (Å²) in [5.41, 5.74) is 7.34. The summed E-state index contributed by atoms with van der Waals surface area (Å²) >= 11 is 0. The number of rotatable bonds is 7. The van der Waals surface area contributed by atoms with Crippen LogP contribution in [0.1, 0.15) is 37.3 Å². The highest BCUT2D eigenvalue weighted by Crippen LogP contribution is 2.27. The van der Waals surface area contributed by atoms with Crippen molar-refractivity contribution < 1.29 is 14.6 Å². The molecule has 1 fully saturated rings. The molecule has 1 aliphatic heterocycles. The number of para-hydroxylation sites is 1. The van der Waals surface area contributed by atoms with Crippen LogP contribution < -0.4 is 15.8 Å². The molecule has 176 valence electrons. The number of aliphatic hydroxyl groups is 1. The van der Waals surface area contributed by atoms with E-state index < -0.39 is 6.23 Å². The lowest BCUT2D eigenvalue weighted by Gasteiger charge is -2.37. The number of aromatic nitrogens is 2. The summed E-state index contributed by atoms with van der Waals surface area (Å²) in [6.45, 7) is 2.11. The van der Waals surface area contributed by atoms with Crippen molar-refractivity contribution in [2.45, 2.75) is 38.5 Å². The van der Waals surface area contributed by atoms with Crippen LogP contribution in [0.3, 0.4) is 0 Å². The number of piperidine rings is 1. The molecule has 3 aromatic rings. The van der Waals surface area contributed by atoms with Crippen molar-refractivity contribution >= 4 is 23.3 Å². The van der Waals surface area contributed by atoms with Crippen molar-refractivity contribution in [1.82, 2.24) is 14.9 Å². The standard InChI is InChI=1S/C25H28N6O3/c1-2-20(32)31-14-17(10-13-21(31)33)30-25-22(24(27)28-15-29-25)23(26)16-8-11-19(12-9-16)34-18-6-4-3-5-7-18/h3-9,11-12,15,17,21,26,33H,2,10,13-14H2,1H3,(H3,27,28,29,30). The maximum Gasteiger partial charge on any atom is 0.224 e. The number of hydrogen-bond acceptors (Lipinski definition) is 8. The topological polar surface area (TPSA) is 137 Å². The van der Waals surface area contributed by atoms with Gasteiger partial charge in [-0.2, -0.15) is 0 Å². The largest absolute Gasteiger partial charge is 0.457 e. The molecule has 2 atom stereocenters. The van der Waals surface area contributed by atoms with Crippen LogP contribution in [-0.2, 0) is 4.79 Å². The molecule has 0 aliphatic carbocycles. The van der Waals surface area contributed by atoms with E-state index in [0.717, 1.165) is 5.75 Å². The zero-order chi connectivity index (χ0) is 24.1. The number of nitrogens with one attached hydrogen (secondary N) is 2. The fourth-order valence-electron chi connectivity index (χ4n) is 3.95. The lowest BCUT2D eigenvalue weighted by Crippen LogP contribution is -2.50. The third-order valence-corrected chi connectivity index (χ3v) is 5.76. The second-order valence-electron chi connectivity index (χ2n) is 8.10. The molecule has 2 heterocycles.